The van der Waals surface area contributed by atoms with Gasteiger partial charge in [0.05, 0.1) is 0 Å². The van der Waals surface area contributed by atoms with Crippen LogP contribution in [0.3, 0.4) is 0 Å². The van der Waals surface area contributed by atoms with Crippen molar-refractivity contribution in [3.05, 3.63) is 0 Å². The number of ketones is 1. The number of hydrogen-bond acceptors (Lipinski definition) is 1. The van der Waals surface area contributed by atoms with E-state index in [1.54, 1.807) is 6.92 Å². The zero-order chi connectivity index (χ0) is 10.3. The lowest BCUT2D eigenvalue weighted by Gasteiger charge is -2.13. The molecule has 0 heterocycles. The van der Waals surface area contributed by atoms with Crippen LogP contribution >= 0.6 is 0 Å². The Morgan fingerprint density at radius 1 is 1.15 bits per heavy atom. The second-order valence-corrected chi connectivity index (χ2v) is 3.33. The summed E-state index contributed by atoms with van der Waals surface area (Å²) in [4.78, 5) is 10.9. The maximum atomic E-state index is 13.0. The molecule has 78 valence electrons. The molecule has 0 aromatic rings. The minimum absolute atomic E-state index is 0.000868. The Bertz CT molecular complexity index is 155. The largest absolute Gasteiger partial charge is 0.305 e. The summed E-state index contributed by atoms with van der Waals surface area (Å²) in [5, 5.41) is 0. The van der Waals surface area contributed by atoms with Crippen LogP contribution in [0.4, 0.5) is 8.78 Å². The highest BCUT2D eigenvalue weighted by Gasteiger charge is 2.36. The molecule has 0 unspecified atom stereocenters. The van der Waals surface area contributed by atoms with Crippen LogP contribution in [0.15, 0.2) is 0 Å². The van der Waals surface area contributed by atoms with Gasteiger partial charge in [0.1, 0.15) is 0 Å². The molecule has 0 saturated heterocycles. The summed E-state index contributed by atoms with van der Waals surface area (Å²) in [6.45, 7) is 3.69. The van der Waals surface area contributed by atoms with Gasteiger partial charge in [-0.1, -0.05) is 26.7 Å². The highest BCUT2D eigenvalue weighted by atomic mass is 19.3. The average molecular weight is 192 g/mol. The fraction of sp³-hybridized carbons (Fsp3) is 0.900. The normalized spacial score (nSPS) is 11.7. The number of alkyl halides is 2. The molecule has 0 atom stereocenters. The third-order valence-corrected chi connectivity index (χ3v) is 1.98. The Kier molecular flexibility index (Phi) is 5.84. The van der Waals surface area contributed by atoms with Gasteiger partial charge in [-0.15, -0.1) is 0 Å². The van der Waals surface area contributed by atoms with Crippen molar-refractivity contribution in [1.29, 1.82) is 0 Å². The van der Waals surface area contributed by atoms with Crippen LogP contribution < -0.4 is 0 Å². The van der Waals surface area contributed by atoms with Crippen molar-refractivity contribution in [3.63, 3.8) is 0 Å². The van der Waals surface area contributed by atoms with Crippen molar-refractivity contribution in [2.75, 3.05) is 0 Å². The lowest BCUT2D eigenvalue weighted by molar-refractivity contribution is -0.144. The monoisotopic (exact) mass is 192 g/mol. The van der Waals surface area contributed by atoms with Crippen molar-refractivity contribution in [2.24, 2.45) is 0 Å². The van der Waals surface area contributed by atoms with Gasteiger partial charge < -0.3 is 0 Å². The number of carbonyl (C=O) groups excluding carboxylic acids is 1. The third-order valence-electron chi connectivity index (χ3n) is 1.98. The van der Waals surface area contributed by atoms with Gasteiger partial charge in [0.2, 0.25) is 5.78 Å². The zero-order valence-electron chi connectivity index (χ0n) is 8.41. The first kappa shape index (κ1) is 12.5. The highest BCUT2D eigenvalue weighted by molar-refractivity contribution is 5.85. The van der Waals surface area contributed by atoms with Crippen molar-refractivity contribution >= 4 is 5.78 Å². The van der Waals surface area contributed by atoms with Gasteiger partial charge in [-0.05, 0) is 12.8 Å². The van der Waals surface area contributed by atoms with Gasteiger partial charge in [0.15, 0.2) is 0 Å². The Hall–Kier alpha value is -0.470. The number of hydrogen-bond donors (Lipinski definition) is 0. The van der Waals surface area contributed by atoms with Gasteiger partial charge in [-0.2, -0.15) is 8.78 Å². The molecule has 1 nitrogen and oxygen atoms in total. The predicted molar refractivity (Wildman–Crippen MR) is 49.0 cm³/mol. The predicted octanol–water partition coefficient (Wildman–Crippen LogP) is 3.57. The molecule has 0 spiro atoms. The maximum Gasteiger partial charge on any atom is 0.305 e. The van der Waals surface area contributed by atoms with Crippen LogP contribution in [0, 0.1) is 0 Å². The second-order valence-electron chi connectivity index (χ2n) is 3.33. The van der Waals surface area contributed by atoms with E-state index in [1.165, 1.54) is 0 Å². The summed E-state index contributed by atoms with van der Waals surface area (Å²) >= 11 is 0. The molecule has 0 bridgehead atoms. The third kappa shape index (κ3) is 4.96. The minimum Gasteiger partial charge on any atom is -0.293 e. The number of carbonyl (C=O) groups is 1. The lowest BCUT2D eigenvalue weighted by atomic mass is 10.0. The van der Waals surface area contributed by atoms with Gasteiger partial charge in [0, 0.05) is 12.8 Å². The van der Waals surface area contributed by atoms with Gasteiger partial charge in [0.25, 0.3) is 0 Å². The van der Waals surface area contributed by atoms with E-state index in [-0.39, 0.29) is 12.8 Å². The van der Waals surface area contributed by atoms with Crippen LogP contribution in [0.2, 0.25) is 0 Å². The molecule has 0 saturated carbocycles. The van der Waals surface area contributed by atoms with E-state index >= 15 is 0 Å². The molecular weight excluding hydrogens is 174 g/mol. The number of unbranched alkanes of at least 4 members (excludes halogenated alkanes) is 2. The molecule has 0 radical (unpaired) electrons. The van der Waals surface area contributed by atoms with Crippen LogP contribution in [0.5, 0.6) is 0 Å². The van der Waals surface area contributed by atoms with E-state index in [4.69, 9.17) is 0 Å². The zero-order valence-corrected chi connectivity index (χ0v) is 8.41. The van der Waals surface area contributed by atoms with Crippen molar-refractivity contribution < 1.29 is 13.6 Å². The lowest BCUT2D eigenvalue weighted by Crippen LogP contribution is -2.28. The first-order valence-electron chi connectivity index (χ1n) is 4.95. The molecule has 0 rings (SSSR count). The Morgan fingerprint density at radius 3 is 2.23 bits per heavy atom. The summed E-state index contributed by atoms with van der Waals surface area (Å²) < 4.78 is 26.0. The first-order valence-corrected chi connectivity index (χ1v) is 4.95. The highest BCUT2D eigenvalue weighted by Crippen LogP contribution is 2.24. The molecule has 0 aliphatic carbocycles. The van der Waals surface area contributed by atoms with Crippen molar-refractivity contribution in [3.8, 4) is 0 Å². The van der Waals surface area contributed by atoms with Crippen molar-refractivity contribution in [1.82, 2.24) is 0 Å². The van der Waals surface area contributed by atoms with Crippen LogP contribution in [0.1, 0.15) is 52.4 Å². The summed E-state index contributed by atoms with van der Waals surface area (Å²) in [7, 11) is 0. The molecule has 0 aromatic carbocycles. The summed E-state index contributed by atoms with van der Waals surface area (Å²) in [6.07, 6.45) is 2.34. The Balaban J connectivity index is 3.83. The van der Waals surface area contributed by atoms with Crippen LogP contribution in [-0.4, -0.2) is 11.7 Å². The molecule has 0 aliphatic rings. The quantitative estimate of drug-likeness (QED) is 0.563. The molecule has 0 aromatic heterocycles. The van der Waals surface area contributed by atoms with E-state index in [0.717, 1.165) is 12.8 Å². The summed E-state index contributed by atoms with van der Waals surface area (Å²) in [5.74, 6) is -3.98. The molecule has 0 aliphatic heterocycles. The van der Waals surface area contributed by atoms with E-state index in [0.29, 0.717) is 12.8 Å². The summed E-state index contributed by atoms with van der Waals surface area (Å²) in [6, 6.07) is 0. The second kappa shape index (κ2) is 6.06. The maximum absolute atomic E-state index is 13.0. The standard InChI is InChI=1S/C10H18F2O/c1-3-5-6-8-10(11,12)9(13)7-4-2/h3-8H2,1-2H3. The molecular formula is C10H18F2O. The Labute approximate surface area is 78.5 Å². The van der Waals surface area contributed by atoms with E-state index in [9.17, 15) is 13.6 Å². The van der Waals surface area contributed by atoms with Gasteiger partial charge in [-0.25, -0.2) is 0 Å². The van der Waals surface area contributed by atoms with Crippen molar-refractivity contribution in [2.45, 2.75) is 58.3 Å². The van der Waals surface area contributed by atoms with Crippen LogP contribution in [0.25, 0.3) is 0 Å². The number of Topliss-reactive ketones (excluding diaryl/α,β-unsaturated/α-hetero) is 1. The summed E-state index contributed by atoms with van der Waals surface area (Å²) in [5.41, 5.74) is 0. The van der Waals surface area contributed by atoms with Crippen LogP contribution in [-0.2, 0) is 4.79 Å². The molecule has 0 amide bonds. The first-order chi connectivity index (χ1) is 6.04. The molecule has 0 N–H and O–H groups in total. The van der Waals surface area contributed by atoms with E-state index in [2.05, 4.69) is 0 Å². The van der Waals surface area contributed by atoms with Gasteiger partial charge >= 0.3 is 5.92 Å². The SMILES string of the molecule is CCCCCC(F)(F)C(=O)CCC. The molecule has 3 heteroatoms. The minimum atomic E-state index is -3.08. The molecule has 13 heavy (non-hydrogen) atoms. The van der Waals surface area contributed by atoms with E-state index in [1.807, 2.05) is 6.92 Å². The average Bonchev–Trinajstić information content (AvgIpc) is 2.05. The fourth-order valence-corrected chi connectivity index (χ4v) is 1.15. The molecule has 0 fully saturated rings. The number of halogens is 2. The fourth-order valence-electron chi connectivity index (χ4n) is 1.15. The smallest absolute Gasteiger partial charge is 0.293 e. The number of rotatable bonds is 7. The van der Waals surface area contributed by atoms with Gasteiger partial charge in [-0.3, -0.25) is 4.79 Å². The van der Waals surface area contributed by atoms with E-state index < -0.39 is 11.7 Å². The Morgan fingerprint density at radius 2 is 1.77 bits per heavy atom. The topological polar surface area (TPSA) is 17.1 Å².